The summed E-state index contributed by atoms with van der Waals surface area (Å²) in [5.74, 6) is -5.87. The van der Waals surface area contributed by atoms with E-state index in [9.17, 15) is 45.6 Å². The molecule has 2 aromatic carbocycles. The predicted octanol–water partition coefficient (Wildman–Crippen LogP) is 6.40. The molecule has 5 amide bonds. The van der Waals surface area contributed by atoms with Gasteiger partial charge in [-0.25, -0.2) is 13.4 Å². The molecule has 20 heteroatoms. The van der Waals surface area contributed by atoms with Crippen molar-refractivity contribution in [3.63, 3.8) is 0 Å². The van der Waals surface area contributed by atoms with Crippen LogP contribution in [0, 0.1) is 11.8 Å². The number of carbonyl (C=O) groups excluding carboxylic acids is 5. The molecule has 15 nitrogen and oxygen atoms in total. The summed E-state index contributed by atoms with van der Waals surface area (Å²) in [6, 6.07) is 10.7. The smallest absolute Gasteiger partial charge is 0.371 e. The van der Waals surface area contributed by atoms with Gasteiger partial charge in [-0.15, -0.1) is 11.3 Å². The second kappa shape index (κ2) is 21.2. The fourth-order valence-corrected chi connectivity index (χ4v) is 11.5. The molecule has 2 aliphatic carbocycles. The Morgan fingerprint density at radius 2 is 1.72 bits per heavy atom. The van der Waals surface area contributed by atoms with Gasteiger partial charge in [0.1, 0.15) is 22.8 Å². The fourth-order valence-electron chi connectivity index (χ4n) is 9.49. The summed E-state index contributed by atoms with van der Waals surface area (Å²) in [6.07, 6.45) is -1.35. The number of hydrogen-bond acceptors (Lipinski definition) is 11. The van der Waals surface area contributed by atoms with E-state index >= 15 is 0 Å². The van der Waals surface area contributed by atoms with Crippen molar-refractivity contribution in [2.75, 3.05) is 32.6 Å². The number of sulfonamides is 1. The van der Waals surface area contributed by atoms with Crippen LogP contribution in [0.25, 0.3) is 0 Å². The van der Waals surface area contributed by atoms with Crippen molar-refractivity contribution >= 4 is 56.6 Å². The molecular weight excluding hydrogens is 912 g/mol. The third-order valence-corrected chi connectivity index (χ3v) is 15.6. The summed E-state index contributed by atoms with van der Waals surface area (Å²) >= 11 is 1.26. The highest BCUT2D eigenvalue weighted by molar-refractivity contribution is 7.89. The van der Waals surface area contributed by atoms with Crippen molar-refractivity contribution in [2.24, 2.45) is 11.8 Å². The first kappa shape index (κ1) is 51.5. The van der Waals surface area contributed by atoms with E-state index in [2.05, 4.69) is 15.4 Å². The van der Waals surface area contributed by atoms with Gasteiger partial charge in [0, 0.05) is 48.6 Å². The normalized spacial score (nSPS) is 22.3. The van der Waals surface area contributed by atoms with E-state index in [-0.39, 0.29) is 65.0 Å². The van der Waals surface area contributed by atoms with Gasteiger partial charge in [0.05, 0.1) is 17.7 Å². The molecule has 4 N–H and O–H groups in total. The lowest BCUT2D eigenvalue weighted by atomic mass is 9.79. The second-order valence-corrected chi connectivity index (χ2v) is 21.1. The topological polar surface area (TPSA) is 196 Å². The number of halogens is 3. The molecule has 1 aromatic heterocycles. The summed E-state index contributed by atoms with van der Waals surface area (Å²) in [7, 11) is -0.691. The number of alkyl halides is 3. The minimum Gasteiger partial charge on any atom is -0.371 e. The SMILES string of the molecule is CCO[C@H](CC(C(C)C)N(C)C(=O)[C@@H](NC(=O)[C@H]1CCCCN1C)[C@@H](C)CC)c1nc(C(=O)NC23CC2c2ccccc2[C@H](C(=O)NS(=O)(=O)Cc2cccc(NC(=O)C(F)(F)F)c2)C3)cs1. The third kappa shape index (κ3) is 12.2. The van der Waals surface area contributed by atoms with Gasteiger partial charge in [0.2, 0.25) is 27.7 Å². The van der Waals surface area contributed by atoms with E-state index in [0.29, 0.717) is 36.4 Å². The van der Waals surface area contributed by atoms with Crippen LogP contribution < -0.4 is 20.7 Å². The third-order valence-electron chi connectivity index (χ3n) is 13.4. The van der Waals surface area contributed by atoms with E-state index in [1.54, 1.807) is 40.8 Å². The number of hydrogen-bond donors (Lipinski definition) is 4. The van der Waals surface area contributed by atoms with Crippen molar-refractivity contribution in [1.29, 1.82) is 0 Å². The number of piperidine rings is 1. The minimum atomic E-state index is -5.15. The Labute approximate surface area is 394 Å². The number of rotatable bonds is 19. The maximum absolute atomic E-state index is 14.3. The zero-order chi connectivity index (χ0) is 49.0. The number of benzene rings is 2. The maximum atomic E-state index is 14.3. The Bertz CT molecular complexity index is 2420. The van der Waals surface area contributed by atoms with Gasteiger partial charge in [-0.05, 0) is 86.9 Å². The van der Waals surface area contributed by atoms with Gasteiger partial charge in [-0.3, -0.25) is 33.6 Å². The number of anilines is 1. The Morgan fingerprint density at radius 3 is 2.37 bits per heavy atom. The molecule has 3 aromatic rings. The van der Waals surface area contributed by atoms with Gasteiger partial charge < -0.3 is 25.6 Å². The lowest BCUT2D eigenvalue weighted by molar-refractivity contribution is -0.167. The van der Waals surface area contributed by atoms with E-state index in [0.717, 1.165) is 37.4 Å². The highest BCUT2D eigenvalue weighted by atomic mass is 32.2. The Hall–Kier alpha value is -4.92. The molecule has 2 heterocycles. The molecule has 2 fully saturated rings. The molecule has 1 aliphatic heterocycles. The molecule has 67 heavy (non-hydrogen) atoms. The van der Waals surface area contributed by atoms with Crippen molar-refractivity contribution in [2.45, 2.75) is 133 Å². The number of carbonyl (C=O) groups is 5. The summed E-state index contributed by atoms with van der Waals surface area (Å²) in [4.78, 5) is 75.7. The second-order valence-electron chi connectivity index (χ2n) is 18.5. The number of ether oxygens (including phenoxy) is 1. The zero-order valence-electron chi connectivity index (χ0n) is 38.9. The lowest BCUT2D eigenvalue weighted by Gasteiger charge is -2.38. The number of fused-ring (bicyclic) bond motifs is 3. The van der Waals surface area contributed by atoms with Gasteiger partial charge in [-0.2, -0.15) is 13.2 Å². The molecule has 0 radical (unpaired) electrons. The summed E-state index contributed by atoms with van der Waals surface area (Å²) in [5, 5.41) is 10.1. The monoisotopic (exact) mass is 973 g/mol. The van der Waals surface area contributed by atoms with Crippen LogP contribution in [0.3, 0.4) is 0 Å². The highest BCUT2D eigenvalue weighted by Crippen LogP contribution is 2.61. The molecule has 0 spiro atoms. The first-order valence-corrected chi connectivity index (χ1v) is 25.4. The number of nitrogens with one attached hydrogen (secondary N) is 4. The lowest BCUT2D eigenvalue weighted by Crippen LogP contribution is -2.58. The predicted molar refractivity (Wildman–Crippen MR) is 247 cm³/mol. The van der Waals surface area contributed by atoms with E-state index in [1.165, 1.54) is 29.5 Å². The molecule has 1 saturated carbocycles. The Kier molecular flexibility index (Phi) is 16.3. The quantitative estimate of drug-likeness (QED) is 0.104. The number of likely N-dealkylation sites (tertiary alicyclic amines) is 1. The Balaban J connectivity index is 1.14. The standard InChI is InChI=1S/C47H62F3N7O8S2/c1-8-28(5)39(53-42(60)36-19-12-13-20-56(36)6)44(61)57(7)37(27(3)4)22-38(65-9-2)43-52-35(25-66-43)41(59)54-46-23-33(31-17-10-11-18-32(31)34(46)24-46)40(58)55-67(63,64)26-29-15-14-16-30(21-29)51-45(62)47(48,49)50/h10-11,14-18,21,25,27-28,33-34,36-39H,8-9,12-13,19-20,22-24,26H2,1-7H3,(H,51,62)(H,53,60)(H,54,59)(H,55,58)/t28-,33+,34?,36+,37?,38+,39-,46?/m0/s1. The summed E-state index contributed by atoms with van der Waals surface area (Å²) < 4.78 is 73.4. The molecular formula is C47H62F3N7O8S2. The molecule has 1 saturated heterocycles. The van der Waals surface area contributed by atoms with Crippen LogP contribution in [-0.2, 0) is 39.7 Å². The summed E-state index contributed by atoms with van der Waals surface area (Å²) in [5.41, 5.74) is 0.432. The first-order valence-electron chi connectivity index (χ1n) is 22.8. The molecule has 0 bridgehead atoms. The summed E-state index contributed by atoms with van der Waals surface area (Å²) in [6.45, 7) is 11.0. The van der Waals surface area contributed by atoms with Gasteiger partial charge >= 0.3 is 12.1 Å². The largest absolute Gasteiger partial charge is 0.471 e. The van der Waals surface area contributed by atoms with Gasteiger partial charge in [-0.1, -0.05) is 76.9 Å². The van der Waals surface area contributed by atoms with Crippen molar-refractivity contribution < 1.29 is 50.3 Å². The first-order chi connectivity index (χ1) is 31.6. The van der Waals surface area contributed by atoms with Crippen LogP contribution >= 0.6 is 11.3 Å². The average molecular weight is 974 g/mol. The number of thiazole rings is 1. The van der Waals surface area contributed by atoms with Gasteiger partial charge in [0.25, 0.3) is 5.91 Å². The number of amides is 5. The molecule has 3 unspecified atom stereocenters. The minimum absolute atomic E-state index is 0.00955. The van der Waals surface area contributed by atoms with E-state index in [4.69, 9.17) is 9.72 Å². The average Bonchev–Trinajstić information content (AvgIpc) is 3.77. The van der Waals surface area contributed by atoms with E-state index < -0.39 is 63.3 Å². The van der Waals surface area contributed by atoms with Crippen molar-refractivity contribution in [3.8, 4) is 0 Å². The molecule has 366 valence electrons. The van der Waals surface area contributed by atoms with Crippen molar-refractivity contribution in [1.82, 2.24) is 30.1 Å². The number of nitrogens with zero attached hydrogens (tertiary/aromatic N) is 3. The maximum Gasteiger partial charge on any atom is 0.471 e. The van der Waals surface area contributed by atoms with E-state index in [1.807, 2.05) is 52.6 Å². The van der Waals surface area contributed by atoms with Crippen LogP contribution in [0.1, 0.15) is 130 Å². The highest BCUT2D eigenvalue weighted by Gasteiger charge is 2.61. The van der Waals surface area contributed by atoms with Crippen LogP contribution in [-0.4, -0.2) is 110 Å². The van der Waals surface area contributed by atoms with Crippen LogP contribution in [0.5, 0.6) is 0 Å². The Morgan fingerprint density at radius 1 is 1.00 bits per heavy atom. The van der Waals surface area contributed by atoms with Gasteiger partial charge in [0.15, 0.2) is 0 Å². The zero-order valence-corrected chi connectivity index (χ0v) is 40.6. The van der Waals surface area contributed by atoms with Crippen molar-refractivity contribution in [3.05, 3.63) is 81.3 Å². The fraction of sp³-hybridized carbons (Fsp3) is 0.574. The molecule has 8 atom stereocenters. The number of likely N-dealkylation sites (N-methyl/N-ethyl adjacent to an activating group) is 2. The molecule has 3 aliphatic rings. The van der Waals surface area contributed by atoms with Crippen LogP contribution in [0.2, 0.25) is 0 Å². The van der Waals surface area contributed by atoms with Crippen LogP contribution in [0.4, 0.5) is 18.9 Å². The number of aromatic nitrogens is 1. The van der Waals surface area contributed by atoms with Crippen LogP contribution in [0.15, 0.2) is 53.9 Å². The molecule has 6 rings (SSSR count).